The standard InChI is InChI=1S/C17H24F2O/c1-2-3-12-4-6-13(7-5-12)17(20)10-14-8-9-15(18)11-16(14)19/h8-9,11-13,17,20H,2-7,10H2,1H3. The second kappa shape index (κ2) is 7.16. The Kier molecular flexibility index (Phi) is 5.53. The van der Waals surface area contributed by atoms with Crippen LogP contribution in [0.3, 0.4) is 0 Å². The van der Waals surface area contributed by atoms with Crippen molar-refractivity contribution in [2.24, 2.45) is 11.8 Å². The van der Waals surface area contributed by atoms with Crippen LogP contribution >= 0.6 is 0 Å². The van der Waals surface area contributed by atoms with Gasteiger partial charge in [0.05, 0.1) is 6.10 Å². The van der Waals surface area contributed by atoms with E-state index in [0.717, 1.165) is 24.8 Å². The lowest BCUT2D eigenvalue weighted by Crippen LogP contribution is -2.27. The first-order valence-corrected chi connectivity index (χ1v) is 7.72. The second-order valence-electron chi connectivity index (χ2n) is 6.08. The van der Waals surface area contributed by atoms with E-state index in [0.29, 0.717) is 5.56 Å². The average Bonchev–Trinajstić information content (AvgIpc) is 2.43. The Labute approximate surface area is 120 Å². The maximum absolute atomic E-state index is 13.6. The Morgan fingerprint density at radius 1 is 1.20 bits per heavy atom. The molecular formula is C17H24F2O. The average molecular weight is 282 g/mol. The molecule has 0 amide bonds. The van der Waals surface area contributed by atoms with Crippen LogP contribution in [0.2, 0.25) is 0 Å². The molecule has 0 aliphatic heterocycles. The van der Waals surface area contributed by atoms with Crippen LogP contribution in [-0.2, 0) is 6.42 Å². The van der Waals surface area contributed by atoms with Gasteiger partial charge in [-0.3, -0.25) is 0 Å². The highest BCUT2D eigenvalue weighted by Crippen LogP contribution is 2.34. The van der Waals surface area contributed by atoms with Crippen molar-refractivity contribution in [2.45, 2.75) is 58.0 Å². The van der Waals surface area contributed by atoms with Gasteiger partial charge in [-0.05, 0) is 36.3 Å². The largest absolute Gasteiger partial charge is 0.392 e. The van der Waals surface area contributed by atoms with Crippen LogP contribution in [-0.4, -0.2) is 11.2 Å². The van der Waals surface area contributed by atoms with E-state index in [9.17, 15) is 13.9 Å². The fourth-order valence-corrected chi connectivity index (χ4v) is 3.35. The predicted octanol–water partition coefficient (Wildman–Crippen LogP) is 4.47. The van der Waals surface area contributed by atoms with Crippen LogP contribution in [0.4, 0.5) is 8.78 Å². The minimum atomic E-state index is -0.569. The monoisotopic (exact) mass is 282 g/mol. The summed E-state index contributed by atoms with van der Waals surface area (Å²) >= 11 is 0. The third-order valence-corrected chi connectivity index (χ3v) is 4.58. The molecule has 20 heavy (non-hydrogen) atoms. The van der Waals surface area contributed by atoms with E-state index in [1.54, 1.807) is 0 Å². The highest BCUT2D eigenvalue weighted by atomic mass is 19.1. The van der Waals surface area contributed by atoms with Crippen LogP contribution in [0.5, 0.6) is 0 Å². The van der Waals surface area contributed by atoms with Crippen molar-refractivity contribution >= 4 is 0 Å². The number of aliphatic hydroxyl groups excluding tert-OH is 1. The number of aliphatic hydroxyl groups is 1. The lowest BCUT2D eigenvalue weighted by molar-refractivity contribution is 0.0721. The molecule has 1 atom stereocenters. The maximum Gasteiger partial charge on any atom is 0.129 e. The Hall–Kier alpha value is -0.960. The van der Waals surface area contributed by atoms with Gasteiger partial charge in [0.25, 0.3) is 0 Å². The molecule has 0 saturated heterocycles. The van der Waals surface area contributed by atoms with Gasteiger partial charge in [-0.2, -0.15) is 0 Å². The van der Waals surface area contributed by atoms with E-state index < -0.39 is 17.7 Å². The molecule has 1 aliphatic carbocycles. The summed E-state index contributed by atoms with van der Waals surface area (Å²) in [5, 5.41) is 10.3. The molecule has 1 unspecified atom stereocenters. The summed E-state index contributed by atoms with van der Waals surface area (Å²) in [6.45, 7) is 2.21. The molecule has 1 N–H and O–H groups in total. The molecule has 1 aliphatic rings. The maximum atomic E-state index is 13.6. The lowest BCUT2D eigenvalue weighted by atomic mass is 9.77. The van der Waals surface area contributed by atoms with Crippen LogP contribution in [0.15, 0.2) is 18.2 Å². The molecule has 0 heterocycles. The first-order chi connectivity index (χ1) is 9.60. The van der Waals surface area contributed by atoms with Gasteiger partial charge in [-0.1, -0.05) is 38.7 Å². The Morgan fingerprint density at radius 3 is 2.50 bits per heavy atom. The van der Waals surface area contributed by atoms with Crippen molar-refractivity contribution in [3.8, 4) is 0 Å². The number of rotatable bonds is 5. The normalized spacial score (nSPS) is 24.6. The molecule has 3 heteroatoms. The van der Waals surface area contributed by atoms with Crippen molar-refractivity contribution in [1.82, 2.24) is 0 Å². The quantitative estimate of drug-likeness (QED) is 0.844. The fraction of sp³-hybridized carbons (Fsp3) is 0.647. The molecule has 1 fully saturated rings. The minimum absolute atomic E-state index is 0.257. The summed E-state index contributed by atoms with van der Waals surface area (Å²) in [6.07, 6.45) is 6.65. The molecule has 0 spiro atoms. The van der Waals surface area contributed by atoms with Gasteiger partial charge in [-0.25, -0.2) is 8.78 Å². The van der Waals surface area contributed by atoms with Crippen LogP contribution in [0, 0.1) is 23.5 Å². The van der Waals surface area contributed by atoms with E-state index in [1.807, 2.05) is 0 Å². The van der Waals surface area contributed by atoms with E-state index in [1.165, 1.54) is 37.8 Å². The van der Waals surface area contributed by atoms with Crippen molar-refractivity contribution < 1.29 is 13.9 Å². The first kappa shape index (κ1) is 15.4. The molecule has 2 rings (SSSR count). The number of halogens is 2. The van der Waals surface area contributed by atoms with Crippen molar-refractivity contribution in [3.05, 3.63) is 35.4 Å². The zero-order chi connectivity index (χ0) is 14.5. The summed E-state index contributed by atoms with van der Waals surface area (Å²) in [5.74, 6) is -0.0666. The molecular weight excluding hydrogens is 258 g/mol. The Balaban J connectivity index is 1.87. The minimum Gasteiger partial charge on any atom is -0.392 e. The zero-order valence-electron chi connectivity index (χ0n) is 12.1. The molecule has 112 valence electrons. The zero-order valence-corrected chi connectivity index (χ0v) is 12.1. The van der Waals surface area contributed by atoms with Crippen molar-refractivity contribution in [1.29, 1.82) is 0 Å². The van der Waals surface area contributed by atoms with Crippen molar-refractivity contribution in [2.75, 3.05) is 0 Å². The smallest absolute Gasteiger partial charge is 0.129 e. The third-order valence-electron chi connectivity index (χ3n) is 4.58. The molecule has 0 aromatic heterocycles. The van der Waals surface area contributed by atoms with Crippen molar-refractivity contribution in [3.63, 3.8) is 0 Å². The predicted molar refractivity (Wildman–Crippen MR) is 76.4 cm³/mol. The van der Waals surface area contributed by atoms with Gasteiger partial charge < -0.3 is 5.11 Å². The number of hydrogen-bond acceptors (Lipinski definition) is 1. The topological polar surface area (TPSA) is 20.2 Å². The Bertz CT molecular complexity index is 425. The summed E-state index contributed by atoms with van der Waals surface area (Å²) in [6, 6.07) is 3.58. The summed E-state index contributed by atoms with van der Waals surface area (Å²) in [5.41, 5.74) is 0.412. The van der Waals surface area contributed by atoms with E-state index in [4.69, 9.17) is 0 Å². The fourth-order valence-electron chi connectivity index (χ4n) is 3.35. The molecule has 1 aromatic rings. The van der Waals surface area contributed by atoms with Gasteiger partial charge in [-0.15, -0.1) is 0 Å². The Morgan fingerprint density at radius 2 is 1.90 bits per heavy atom. The van der Waals surface area contributed by atoms with Crippen LogP contribution in [0.1, 0.15) is 51.0 Å². The molecule has 1 aromatic carbocycles. The van der Waals surface area contributed by atoms with Crippen LogP contribution < -0.4 is 0 Å². The van der Waals surface area contributed by atoms with Gasteiger partial charge >= 0.3 is 0 Å². The molecule has 0 radical (unpaired) electrons. The highest BCUT2D eigenvalue weighted by Gasteiger charge is 2.26. The van der Waals surface area contributed by atoms with Gasteiger partial charge in [0, 0.05) is 12.5 Å². The van der Waals surface area contributed by atoms with Crippen LogP contribution in [0.25, 0.3) is 0 Å². The van der Waals surface area contributed by atoms with E-state index >= 15 is 0 Å². The highest BCUT2D eigenvalue weighted by molar-refractivity contribution is 5.19. The number of benzene rings is 1. The molecule has 1 nitrogen and oxygen atoms in total. The van der Waals surface area contributed by atoms with E-state index in [2.05, 4.69) is 6.92 Å². The molecule has 0 bridgehead atoms. The van der Waals surface area contributed by atoms with Gasteiger partial charge in [0.2, 0.25) is 0 Å². The molecule has 1 saturated carbocycles. The van der Waals surface area contributed by atoms with Gasteiger partial charge in [0.15, 0.2) is 0 Å². The summed E-state index contributed by atoms with van der Waals surface area (Å²) in [4.78, 5) is 0. The first-order valence-electron chi connectivity index (χ1n) is 7.72. The van der Waals surface area contributed by atoms with Gasteiger partial charge in [0.1, 0.15) is 11.6 Å². The lowest BCUT2D eigenvalue weighted by Gasteiger charge is -2.31. The summed E-state index contributed by atoms with van der Waals surface area (Å²) in [7, 11) is 0. The van der Waals surface area contributed by atoms with E-state index in [-0.39, 0.29) is 12.3 Å². The third kappa shape index (κ3) is 4.02. The number of hydrogen-bond donors (Lipinski definition) is 1. The SMILES string of the molecule is CCCC1CCC(C(O)Cc2ccc(F)cc2F)CC1. The second-order valence-corrected chi connectivity index (χ2v) is 6.08. The summed E-state index contributed by atoms with van der Waals surface area (Å²) < 4.78 is 26.4.